The Morgan fingerprint density at radius 3 is 2.86 bits per heavy atom. The molecule has 0 radical (unpaired) electrons. The van der Waals surface area contributed by atoms with Crippen LogP contribution in [0.4, 0.5) is 4.79 Å². The maximum Gasteiger partial charge on any atom is 0.319 e. The fourth-order valence-corrected chi connectivity index (χ4v) is 1.16. The number of urea groups is 1. The lowest BCUT2D eigenvalue weighted by molar-refractivity contribution is 0.244. The highest BCUT2D eigenvalue weighted by Gasteiger charge is 2.00. The number of hydrogen-bond donors (Lipinski definition) is 2. The third kappa shape index (κ3) is 3.11. The highest BCUT2D eigenvalue weighted by Crippen LogP contribution is 2.13. The zero-order valence-electron chi connectivity index (χ0n) is 7.59. The van der Waals surface area contributed by atoms with Crippen molar-refractivity contribution in [2.24, 2.45) is 0 Å². The van der Waals surface area contributed by atoms with E-state index < -0.39 is 0 Å². The molecule has 0 atom stereocenters. The van der Waals surface area contributed by atoms with Crippen LogP contribution in [0.25, 0.3) is 0 Å². The van der Waals surface area contributed by atoms with Crippen molar-refractivity contribution >= 4 is 17.6 Å². The molecule has 1 aromatic rings. The summed E-state index contributed by atoms with van der Waals surface area (Å²) in [5, 5.41) is 5.69. The van der Waals surface area contributed by atoms with Gasteiger partial charge in [-0.3, -0.25) is 0 Å². The molecular formula is C10H11ClN2O. The second kappa shape index (κ2) is 5.29. The Bertz CT molecular complexity index is 339. The third-order valence-electron chi connectivity index (χ3n) is 1.63. The van der Waals surface area contributed by atoms with E-state index in [2.05, 4.69) is 17.2 Å². The monoisotopic (exact) mass is 210 g/mol. The summed E-state index contributed by atoms with van der Waals surface area (Å²) >= 11 is 5.89. The Kier molecular flexibility index (Phi) is 4.01. The number of benzene rings is 1. The van der Waals surface area contributed by atoms with Gasteiger partial charge in [0.1, 0.15) is 0 Å². The van der Waals surface area contributed by atoms with Crippen LogP contribution in [0.2, 0.25) is 5.02 Å². The average Bonchev–Trinajstić information content (AvgIpc) is 2.17. The zero-order chi connectivity index (χ0) is 10.4. The van der Waals surface area contributed by atoms with Crippen molar-refractivity contribution in [3.05, 3.63) is 47.6 Å². The number of carbonyl (C=O) groups is 1. The summed E-state index contributed by atoms with van der Waals surface area (Å²) in [5.41, 5.74) is 0.883. The molecule has 0 fully saturated rings. The molecule has 0 aliphatic carbocycles. The number of rotatable bonds is 3. The van der Waals surface area contributed by atoms with Gasteiger partial charge < -0.3 is 10.6 Å². The van der Waals surface area contributed by atoms with E-state index in [0.717, 1.165) is 5.56 Å². The molecule has 0 aliphatic heterocycles. The van der Waals surface area contributed by atoms with E-state index in [1.165, 1.54) is 6.20 Å². The first-order chi connectivity index (χ1) is 6.74. The minimum atomic E-state index is -0.292. The zero-order valence-corrected chi connectivity index (χ0v) is 8.34. The van der Waals surface area contributed by atoms with Crippen molar-refractivity contribution in [1.29, 1.82) is 0 Å². The Morgan fingerprint density at radius 1 is 1.50 bits per heavy atom. The second-order valence-corrected chi connectivity index (χ2v) is 3.03. The summed E-state index contributed by atoms with van der Waals surface area (Å²) < 4.78 is 0. The summed E-state index contributed by atoms with van der Waals surface area (Å²) in [4.78, 5) is 11.0. The van der Waals surface area contributed by atoms with E-state index in [4.69, 9.17) is 11.6 Å². The molecule has 4 heteroatoms. The maximum absolute atomic E-state index is 11.0. The molecule has 0 heterocycles. The fraction of sp³-hybridized carbons (Fsp3) is 0.100. The summed E-state index contributed by atoms with van der Waals surface area (Å²) in [6.45, 7) is 3.78. The van der Waals surface area contributed by atoms with Gasteiger partial charge >= 0.3 is 6.03 Å². The highest BCUT2D eigenvalue weighted by molar-refractivity contribution is 6.31. The molecule has 14 heavy (non-hydrogen) atoms. The van der Waals surface area contributed by atoms with Gasteiger partial charge in [0.25, 0.3) is 0 Å². The Labute approximate surface area is 87.8 Å². The lowest BCUT2D eigenvalue weighted by Gasteiger charge is -2.05. The van der Waals surface area contributed by atoms with Gasteiger partial charge in [-0.1, -0.05) is 36.4 Å². The van der Waals surface area contributed by atoms with E-state index in [0.29, 0.717) is 11.6 Å². The van der Waals surface area contributed by atoms with E-state index >= 15 is 0 Å². The molecule has 1 aromatic carbocycles. The first-order valence-corrected chi connectivity index (χ1v) is 4.50. The Morgan fingerprint density at radius 2 is 2.21 bits per heavy atom. The van der Waals surface area contributed by atoms with Crippen LogP contribution in [0.3, 0.4) is 0 Å². The van der Waals surface area contributed by atoms with Crippen molar-refractivity contribution in [3.8, 4) is 0 Å². The molecule has 0 aromatic heterocycles. The smallest absolute Gasteiger partial charge is 0.319 e. The molecule has 3 nitrogen and oxygen atoms in total. The highest BCUT2D eigenvalue weighted by atomic mass is 35.5. The second-order valence-electron chi connectivity index (χ2n) is 2.62. The summed E-state index contributed by atoms with van der Waals surface area (Å²) in [6.07, 6.45) is 1.32. The summed E-state index contributed by atoms with van der Waals surface area (Å²) in [7, 11) is 0. The number of halogens is 1. The molecule has 0 saturated heterocycles. The van der Waals surface area contributed by atoms with Crippen LogP contribution in [0.1, 0.15) is 5.56 Å². The standard InChI is InChI=1S/C10H11ClN2O/c1-2-12-10(14)13-7-8-5-3-4-6-9(8)11/h2-6H,1,7H2,(H2,12,13,14). The Balaban J connectivity index is 2.49. The van der Waals surface area contributed by atoms with Crippen LogP contribution in [-0.2, 0) is 6.54 Å². The fourth-order valence-electron chi connectivity index (χ4n) is 0.961. The quantitative estimate of drug-likeness (QED) is 0.790. The number of carbonyl (C=O) groups excluding carboxylic acids is 1. The van der Waals surface area contributed by atoms with Crippen molar-refractivity contribution in [3.63, 3.8) is 0 Å². The normalized spacial score (nSPS) is 9.21. The van der Waals surface area contributed by atoms with Crippen LogP contribution < -0.4 is 10.6 Å². The molecule has 74 valence electrons. The van der Waals surface area contributed by atoms with Crippen LogP contribution in [0, 0.1) is 0 Å². The number of nitrogens with one attached hydrogen (secondary N) is 2. The van der Waals surface area contributed by atoms with Crippen molar-refractivity contribution < 1.29 is 4.79 Å². The molecule has 1 rings (SSSR count). The van der Waals surface area contributed by atoms with Gasteiger partial charge in [0.05, 0.1) is 0 Å². The predicted octanol–water partition coefficient (Wildman–Crippen LogP) is 2.28. The first-order valence-electron chi connectivity index (χ1n) is 4.12. The van der Waals surface area contributed by atoms with Gasteiger partial charge in [-0.2, -0.15) is 0 Å². The van der Waals surface area contributed by atoms with E-state index in [1.807, 2.05) is 18.2 Å². The SMILES string of the molecule is C=CNC(=O)NCc1ccccc1Cl. The van der Waals surface area contributed by atoms with Crippen LogP contribution in [0.5, 0.6) is 0 Å². The minimum Gasteiger partial charge on any atom is -0.334 e. The molecule has 0 saturated carbocycles. The van der Waals surface area contributed by atoms with Crippen molar-refractivity contribution in [2.75, 3.05) is 0 Å². The average molecular weight is 211 g/mol. The predicted molar refractivity (Wildman–Crippen MR) is 57.0 cm³/mol. The van der Waals surface area contributed by atoms with Crippen molar-refractivity contribution in [1.82, 2.24) is 10.6 Å². The molecule has 0 unspecified atom stereocenters. The molecule has 0 spiro atoms. The third-order valence-corrected chi connectivity index (χ3v) is 2.00. The molecule has 2 amide bonds. The largest absolute Gasteiger partial charge is 0.334 e. The van der Waals surface area contributed by atoms with E-state index in [-0.39, 0.29) is 6.03 Å². The maximum atomic E-state index is 11.0. The molecular weight excluding hydrogens is 200 g/mol. The van der Waals surface area contributed by atoms with E-state index in [9.17, 15) is 4.79 Å². The first kappa shape index (κ1) is 10.6. The van der Waals surface area contributed by atoms with Gasteiger partial charge in [-0.25, -0.2) is 4.79 Å². The molecule has 0 aliphatic rings. The topological polar surface area (TPSA) is 41.1 Å². The van der Waals surface area contributed by atoms with Gasteiger partial charge in [0.15, 0.2) is 0 Å². The van der Waals surface area contributed by atoms with Crippen molar-refractivity contribution in [2.45, 2.75) is 6.54 Å². The minimum absolute atomic E-state index is 0.292. The van der Waals surface area contributed by atoms with Crippen LogP contribution in [0.15, 0.2) is 37.0 Å². The number of amides is 2. The lowest BCUT2D eigenvalue weighted by atomic mass is 10.2. The van der Waals surface area contributed by atoms with Gasteiger partial charge in [-0.15, -0.1) is 0 Å². The van der Waals surface area contributed by atoms with Gasteiger partial charge in [-0.05, 0) is 17.8 Å². The number of hydrogen-bond acceptors (Lipinski definition) is 1. The molecule has 0 bridgehead atoms. The van der Waals surface area contributed by atoms with E-state index in [1.54, 1.807) is 6.07 Å². The summed E-state index contributed by atoms with van der Waals surface area (Å²) in [5.74, 6) is 0. The van der Waals surface area contributed by atoms with Gasteiger partial charge in [0.2, 0.25) is 0 Å². The van der Waals surface area contributed by atoms with Crippen LogP contribution in [-0.4, -0.2) is 6.03 Å². The van der Waals surface area contributed by atoms with Gasteiger partial charge in [0, 0.05) is 11.6 Å². The lowest BCUT2D eigenvalue weighted by Crippen LogP contribution is -2.31. The Hall–Kier alpha value is -1.48. The molecule has 2 N–H and O–H groups in total. The van der Waals surface area contributed by atoms with Crippen LogP contribution >= 0.6 is 11.6 Å². The summed E-state index contributed by atoms with van der Waals surface area (Å²) in [6, 6.07) is 7.06.